The number of thiazole rings is 1. The van der Waals surface area contributed by atoms with E-state index in [0.29, 0.717) is 10.6 Å². The quantitative estimate of drug-likeness (QED) is 0.705. The molecule has 0 unspecified atom stereocenters. The van der Waals surface area contributed by atoms with Crippen LogP contribution >= 0.6 is 11.3 Å². The predicted octanol–water partition coefficient (Wildman–Crippen LogP) is 3.55. The molecule has 1 fully saturated rings. The summed E-state index contributed by atoms with van der Waals surface area (Å²) >= 11 is 1.30. The van der Waals surface area contributed by atoms with Crippen LogP contribution in [0.2, 0.25) is 0 Å². The van der Waals surface area contributed by atoms with E-state index in [0.717, 1.165) is 30.6 Å². The molecule has 6 nitrogen and oxygen atoms in total. The summed E-state index contributed by atoms with van der Waals surface area (Å²) in [4.78, 5) is 19.6. The van der Waals surface area contributed by atoms with E-state index in [1.807, 2.05) is 18.2 Å². The Kier molecular flexibility index (Phi) is 5.07. The number of piperidine rings is 1. The van der Waals surface area contributed by atoms with Gasteiger partial charge in [-0.1, -0.05) is 29.5 Å². The Hall–Kier alpha value is -2.45. The Morgan fingerprint density at radius 2 is 1.86 bits per heavy atom. The molecular formula is C20H21N3O3S2. The van der Waals surface area contributed by atoms with Gasteiger partial charge in [0.15, 0.2) is 15.0 Å². The molecule has 3 aromatic rings. The van der Waals surface area contributed by atoms with E-state index in [4.69, 9.17) is 0 Å². The van der Waals surface area contributed by atoms with Crippen molar-refractivity contribution in [1.82, 2.24) is 4.98 Å². The highest BCUT2D eigenvalue weighted by atomic mass is 32.2. The molecule has 1 aromatic heterocycles. The molecule has 2 aromatic carbocycles. The highest BCUT2D eigenvalue weighted by molar-refractivity contribution is 7.90. The van der Waals surface area contributed by atoms with E-state index in [1.54, 1.807) is 18.2 Å². The van der Waals surface area contributed by atoms with Gasteiger partial charge in [-0.25, -0.2) is 13.4 Å². The van der Waals surface area contributed by atoms with Crippen molar-refractivity contribution in [2.45, 2.75) is 17.7 Å². The lowest BCUT2D eigenvalue weighted by Gasteiger charge is -2.32. The number of carbonyl (C=O) groups excluding carboxylic acids is 1. The Balaban J connectivity index is 1.41. The minimum Gasteiger partial charge on any atom is -0.371 e. The van der Waals surface area contributed by atoms with Crippen LogP contribution in [0.4, 0.5) is 10.8 Å². The van der Waals surface area contributed by atoms with Crippen LogP contribution in [0, 0.1) is 5.92 Å². The van der Waals surface area contributed by atoms with Gasteiger partial charge in [-0.2, -0.15) is 0 Å². The molecular weight excluding hydrogens is 394 g/mol. The van der Waals surface area contributed by atoms with Crippen LogP contribution in [0.1, 0.15) is 12.8 Å². The molecule has 0 atom stereocenters. The number of hydrogen-bond donors (Lipinski definition) is 1. The highest BCUT2D eigenvalue weighted by Crippen LogP contribution is 2.30. The van der Waals surface area contributed by atoms with E-state index in [2.05, 4.69) is 27.3 Å². The van der Waals surface area contributed by atoms with Crippen molar-refractivity contribution in [3.8, 4) is 0 Å². The number of nitrogens with zero attached hydrogens (tertiary/aromatic N) is 2. The summed E-state index contributed by atoms with van der Waals surface area (Å²) in [6.45, 7) is 1.69. The molecule has 146 valence electrons. The fourth-order valence-corrected chi connectivity index (χ4v) is 5.07. The van der Waals surface area contributed by atoms with Crippen molar-refractivity contribution in [2.75, 3.05) is 29.6 Å². The molecule has 4 rings (SSSR count). The molecule has 1 saturated heterocycles. The second kappa shape index (κ2) is 7.52. The number of nitrogens with one attached hydrogen (secondary N) is 1. The molecule has 1 amide bonds. The van der Waals surface area contributed by atoms with Gasteiger partial charge < -0.3 is 10.2 Å². The molecule has 1 aliphatic heterocycles. The number of fused-ring (bicyclic) bond motifs is 1. The number of carbonyl (C=O) groups is 1. The number of anilines is 2. The Morgan fingerprint density at radius 1 is 1.14 bits per heavy atom. The summed E-state index contributed by atoms with van der Waals surface area (Å²) in [5.41, 5.74) is 1.88. The van der Waals surface area contributed by atoms with Crippen LogP contribution in [-0.2, 0) is 14.6 Å². The van der Waals surface area contributed by atoms with Crippen molar-refractivity contribution < 1.29 is 13.2 Å². The smallest absolute Gasteiger partial charge is 0.229 e. The summed E-state index contributed by atoms with van der Waals surface area (Å²) in [5.74, 6) is -0.0614. The van der Waals surface area contributed by atoms with Crippen molar-refractivity contribution in [1.29, 1.82) is 0 Å². The Bertz CT molecular complexity index is 1100. The zero-order valence-corrected chi connectivity index (χ0v) is 17.1. The molecule has 1 N–H and O–H groups in total. The third kappa shape index (κ3) is 4.02. The zero-order valence-electron chi connectivity index (χ0n) is 15.5. The van der Waals surface area contributed by atoms with E-state index >= 15 is 0 Å². The first-order valence-electron chi connectivity index (χ1n) is 9.12. The van der Waals surface area contributed by atoms with Crippen LogP contribution in [0.3, 0.4) is 0 Å². The molecule has 0 spiro atoms. The first-order chi connectivity index (χ1) is 13.4. The summed E-state index contributed by atoms with van der Waals surface area (Å²) in [6, 6.07) is 15.1. The largest absolute Gasteiger partial charge is 0.371 e. The van der Waals surface area contributed by atoms with Crippen LogP contribution in [0.25, 0.3) is 10.2 Å². The number of benzene rings is 2. The van der Waals surface area contributed by atoms with Gasteiger partial charge in [0.25, 0.3) is 0 Å². The molecule has 2 heterocycles. The van der Waals surface area contributed by atoms with Gasteiger partial charge in [0.2, 0.25) is 5.91 Å². The number of amides is 1. The van der Waals surface area contributed by atoms with E-state index in [9.17, 15) is 13.2 Å². The number of rotatable bonds is 4. The van der Waals surface area contributed by atoms with Gasteiger partial charge in [0, 0.05) is 31.0 Å². The normalized spacial score (nSPS) is 15.7. The molecule has 0 radical (unpaired) electrons. The van der Waals surface area contributed by atoms with E-state index in [-0.39, 0.29) is 16.7 Å². The van der Waals surface area contributed by atoms with Crippen LogP contribution in [0.5, 0.6) is 0 Å². The van der Waals surface area contributed by atoms with Gasteiger partial charge in [0.05, 0.1) is 15.1 Å². The molecule has 0 aliphatic carbocycles. The van der Waals surface area contributed by atoms with Gasteiger partial charge in [-0.3, -0.25) is 4.79 Å². The lowest BCUT2D eigenvalue weighted by Crippen LogP contribution is -2.38. The first-order valence-corrected chi connectivity index (χ1v) is 11.8. The van der Waals surface area contributed by atoms with Gasteiger partial charge >= 0.3 is 0 Å². The average molecular weight is 416 g/mol. The maximum atomic E-state index is 12.7. The van der Waals surface area contributed by atoms with Gasteiger partial charge in [0.1, 0.15) is 0 Å². The maximum Gasteiger partial charge on any atom is 0.229 e. The second-order valence-electron chi connectivity index (χ2n) is 7.01. The number of hydrogen-bond acceptors (Lipinski definition) is 6. The van der Waals surface area contributed by atoms with E-state index < -0.39 is 9.84 Å². The molecule has 8 heteroatoms. The summed E-state index contributed by atoms with van der Waals surface area (Å²) in [7, 11) is -3.27. The number of para-hydroxylation sites is 1. The van der Waals surface area contributed by atoms with Crippen LogP contribution < -0.4 is 10.2 Å². The Labute approximate surface area is 168 Å². The molecule has 0 saturated carbocycles. The third-order valence-electron chi connectivity index (χ3n) is 5.01. The number of aromatic nitrogens is 1. The highest BCUT2D eigenvalue weighted by Gasteiger charge is 2.26. The average Bonchev–Trinajstić information content (AvgIpc) is 3.09. The van der Waals surface area contributed by atoms with Gasteiger partial charge in [-0.15, -0.1) is 0 Å². The minimum atomic E-state index is -3.27. The predicted molar refractivity (Wildman–Crippen MR) is 113 cm³/mol. The fourth-order valence-electron chi connectivity index (χ4n) is 3.44. The van der Waals surface area contributed by atoms with E-state index in [1.165, 1.54) is 23.3 Å². The SMILES string of the molecule is CS(=O)(=O)c1ccc2nc(NC(=O)C3CCN(c4ccccc4)CC3)sc2c1. The van der Waals surface area contributed by atoms with Crippen molar-refractivity contribution in [2.24, 2.45) is 5.92 Å². The second-order valence-corrected chi connectivity index (χ2v) is 10.1. The van der Waals surface area contributed by atoms with Crippen molar-refractivity contribution in [3.63, 3.8) is 0 Å². The summed E-state index contributed by atoms with van der Waals surface area (Å²) < 4.78 is 24.2. The fraction of sp³-hybridized carbons (Fsp3) is 0.300. The van der Waals surface area contributed by atoms with Crippen molar-refractivity contribution in [3.05, 3.63) is 48.5 Å². The zero-order chi connectivity index (χ0) is 19.7. The maximum absolute atomic E-state index is 12.7. The third-order valence-corrected chi connectivity index (χ3v) is 7.05. The summed E-state index contributed by atoms with van der Waals surface area (Å²) in [6.07, 6.45) is 2.77. The molecule has 0 bridgehead atoms. The lowest BCUT2D eigenvalue weighted by atomic mass is 9.95. The molecule has 1 aliphatic rings. The van der Waals surface area contributed by atoms with Gasteiger partial charge in [-0.05, 0) is 43.2 Å². The number of sulfone groups is 1. The monoisotopic (exact) mass is 415 g/mol. The van der Waals surface area contributed by atoms with Crippen LogP contribution in [-0.4, -0.2) is 38.7 Å². The topological polar surface area (TPSA) is 79.4 Å². The van der Waals surface area contributed by atoms with Crippen molar-refractivity contribution >= 4 is 48.1 Å². The summed E-state index contributed by atoms with van der Waals surface area (Å²) in [5, 5.41) is 3.42. The minimum absolute atomic E-state index is 0.0184. The molecule has 28 heavy (non-hydrogen) atoms. The lowest BCUT2D eigenvalue weighted by molar-refractivity contribution is -0.120. The van der Waals surface area contributed by atoms with Crippen LogP contribution in [0.15, 0.2) is 53.4 Å². The standard InChI is InChI=1S/C20H21N3O3S2/c1-28(25,26)16-7-8-17-18(13-16)27-20(21-17)22-19(24)14-9-11-23(12-10-14)15-5-3-2-4-6-15/h2-8,13-14H,9-12H2,1H3,(H,21,22,24). The first kappa shape index (κ1) is 18.9. The Morgan fingerprint density at radius 3 is 2.54 bits per heavy atom.